The molecule has 0 heterocycles. The first-order chi connectivity index (χ1) is 9.20. The van der Waals surface area contributed by atoms with Crippen LogP contribution >= 0.6 is 12.4 Å². The molecular formula is C16H23ClN2O. The fraction of sp³-hybridized carbons (Fsp3) is 0.562. The third kappa shape index (κ3) is 3.15. The highest BCUT2D eigenvalue weighted by Gasteiger charge is 2.45. The van der Waals surface area contributed by atoms with E-state index in [9.17, 15) is 4.79 Å². The molecule has 0 aliphatic heterocycles. The van der Waals surface area contributed by atoms with E-state index in [1.807, 2.05) is 18.2 Å². The minimum Gasteiger partial charge on any atom is -0.347 e. The predicted octanol–water partition coefficient (Wildman–Crippen LogP) is 2.73. The summed E-state index contributed by atoms with van der Waals surface area (Å²) >= 11 is 0. The number of carbonyl (C=O) groups excluding carboxylic acids is 1. The van der Waals surface area contributed by atoms with Crippen molar-refractivity contribution in [3.05, 3.63) is 35.9 Å². The van der Waals surface area contributed by atoms with Crippen LogP contribution in [0, 0.1) is 5.92 Å². The summed E-state index contributed by atoms with van der Waals surface area (Å²) < 4.78 is 0. The van der Waals surface area contributed by atoms with Crippen molar-refractivity contribution in [1.82, 2.24) is 5.32 Å². The van der Waals surface area contributed by atoms with E-state index < -0.39 is 0 Å². The Bertz CT molecular complexity index is 459. The number of amides is 1. The van der Waals surface area contributed by atoms with E-state index >= 15 is 0 Å². The van der Waals surface area contributed by atoms with Crippen LogP contribution in [0.1, 0.15) is 44.1 Å². The van der Waals surface area contributed by atoms with Gasteiger partial charge in [-0.25, -0.2) is 0 Å². The van der Waals surface area contributed by atoms with Crippen molar-refractivity contribution in [2.75, 3.05) is 0 Å². The molecule has 110 valence electrons. The number of hydrogen-bond acceptors (Lipinski definition) is 2. The molecule has 1 aromatic rings. The third-order valence-electron chi connectivity index (χ3n) is 4.62. The van der Waals surface area contributed by atoms with Gasteiger partial charge in [0.25, 0.3) is 0 Å². The monoisotopic (exact) mass is 294 g/mol. The molecule has 3 rings (SSSR count). The van der Waals surface area contributed by atoms with Crippen LogP contribution in [0.4, 0.5) is 0 Å². The van der Waals surface area contributed by atoms with E-state index in [1.165, 1.54) is 12.0 Å². The molecule has 2 atom stereocenters. The molecule has 3 nitrogen and oxygen atoms in total. The van der Waals surface area contributed by atoms with Crippen molar-refractivity contribution in [2.45, 2.75) is 50.1 Å². The molecule has 2 aliphatic rings. The van der Waals surface area contributed by atoms with E-state index in [1.54, 1.807) is 0 Å². The highest BCUT2D eigenvalue weighted by atomic mass is 35.5. The Hall–Kier alpha value is -1.06. The van der Waals surface area contributed by atoms with Crippen LogP contribution in [-0.4, -0.2) is 11.9 Å². The lowest BCUT2D eigenvalue weighted by Crippen LogP contribution is -2.37. The minimum absolute atomic E-state index is 0. The van der Waals surface area contributed by atoms with Gasteiger partial charge in [-0.15, -0.1) is 12.4 Å². The molecule has 20 heavy (non-hydrogen) atoms. The van der Waals surface area contributed by atoms with Gasteiger partial charge in [-0.3, -0.25) is 4.79 Å². The smallest absolute Gasteiger partial charge is 0.221 e. The highest BCUT2D eigenvalue weighted by Crippen LogP contribution is 2.45. The van der Waals surface area contributed by atoms with Crippen LogP contribution in [0.3, 0.4) is 0 Å². The molecule has 1 amide bonds. The van der Waals surface area contributed by atoms with Crippen molar-refractivity contribution < 1.29 is 4.79 Å². The summed E-state index contributed by atoms with van der Waals surface area (Å²) in [5.74, 6) is 0.551. The summed E-state index contributed by atoms with van der Waals surface area (Å²) in [6.45, 7) is 0. The molecule has 0 unspecified atom stereocenters. The molecule has 0 aromatic heterocycles. The van der Waals surface area contributed by atoms with Crippen LogP contribution in [0.5, 0.6) is 0 Å². The van der Waals surface area contributed by atoms with Gasteiger partial charge in [0.05, 0.1) is 5.54 Å². The van der Waals surface area contributed by atoms with Crippen molar-refractivity contribution in [1.29, 1.82) is 0 Å². The fourth-order valence-corrected chi connectivity index (χ4v) is 3.24. The maximum atomic E-state index is 12.2. The quantitative estimate of drug-likeness (QED) is 0.897. The van der Waals surface area contributed by atoms with E-state index in [0.717, 1.165) is 25.7 Å². The van der Waals surface area contributed by atoms with Gasteiger partial charge in [-0.2, -0.15) is 0 Å². The fourth-order valence-electron chi connectivity index (χ4n) is 3.24. The van der Waals surface area contributed by atoms with Gasteiger partial charge in [0.15, 0.2) is 0 Å². The van der Waals surface area contributed by atoms with Crippen molar-refractivity contribution in [3.63, 3.8) is 0 Å². The first-order valence-electron chi connectivity index (χ1n) is 7.32. The largest absolute Gasteiger partial charge is 0.347 e. The zero-order chi connectivity index (χ0) is 13.3. The average Bonchev–Trinajstić information content (AvgIpc) is 3.09. The number of nitrogens with two attached hydrogens (primary N) is 1. The van der Waals surface area contributed by atoms with Crippen LogP contribution in [0.25, 0.3) is 0 Å². The molecule has 4 heteroatoms. The molecule has 0 saturated heterocycles. The Morgan fingerprint density at radius 1 is 1.25 bits per heavy atom. The first kappa shape index (κ1) is 15.3. The lowest BCUT2D eigenvalue weighted by molar-refractivity contribution is -0.123. The molecule has 3 N–H and O–H groups in total. The zero-order valence-electron chi connectivity index (χ0n) is 11.7. The lowest BCUT2D eigenvalue weighted by atomic mass is 9.98. The van der Waals surface area contributed by atoms with Crippen LogP contribution in [-0.2, 0) is 10.3 Å². The SMILES string of the molecule is Cl.N[C@@H]1CCC[C@H]1CC(=O)NC1(c2ccccc2)CC1. The summed E-state index contributed by atoms with van der Waals surface area (Å²) in [5.41, 5.74) is 7.19. The highest BCUT2D eigenvalue weighted by molar-refractivity contribution is 5.85. The summed E-state index contributed by atoms with van der Waals surface area (Å²) in [6.07, 6.45) is 6.05. The van der Waals surface area contributed by atoms with Crippen molar-refractivity contribution in [3.8, 4) is 0 Å². The number of rotatable bonds is 4. The van der Waals surface area contributed by atoms with Gasteiger partial charge in [0, 0.05) is 12.5 Å². The van der Waals surface area contributed by atoms with Gasteiger partial charge >= 0.3 is 0 Å². The molecule has 2 fully saturated rings. The maximum absolute atomic E-state index is 12.2. The standard InChI is InChI=1S/C16H22N2O.ClH/c17-14-8-4-5-12(14)11-15(19)18-16(9-10-16)13-6-2-1-3-7-13;/h1-3,6-7,12,14H,4-5,8-11,17H2,(H,18,19);1H/t12-,14+;/m0./s1. The molecule has 2 saturated carbocycles. The lowest BCUT2D eigenvalue weighted by Gasteiger charge is -2.20. The Labute approximate surface area is 126 Å². The van der Waals surface area contributed by atoms with Crippen molar-refractivity contribution >= 4 is 18.3 Å². The minimum atomic E-state index is -0.0823. The van der Waals surface area contributed by atoms with Gasteiger partial charge in [0.1, 0.15) is 0 Å². The van der Waals surface area contributed by atoms with E-state index in [-0.39, 0.29) is 29.9 Å². The zero-order valence-corrected chi connectivity index (χ0v) is 12.5. The summed E-state index contributed by atoms with van der Waals surface area (Å²) in [6, 6.07) is 10.5. The number of hydrogen-bond donors (Lipinski definition) is 2. The van der Waals surface area contributed by atoms with E-state index in [4.69, 9.17) is 5.73 Å². The van der Waals surface area contributed by atoms with Gasteiger partial charge < -0.3 is 11.1 Å². The molecular weight excluding hydrogens is 272 g/mol. The Morgan fingerprint density at radius 3 is 2.50 bits per heavy atom. The molecule has 0 spiro atoms. The normalized spacial score (nSPS) is 26.6. The molecule has 0 radical (unpaired) electrons. The number of halogens is 1. The third-order valence-corrected chi connectivity index (χ3v) is 4.62. The second-order valence-corrected chi connectivity index (χ2v) is 6.06. The van der Waals surface area contributed by atoms with Crippen molar-refractivity contribution in [2.24, 2.45) is 11.7 Å². The predicted molar refractivity (Wildman–Crippen MR) is 82.7 cm³/mol. The Morgan fingerprint density at radius 2 is 1.95 bits per heavy atom. The van der Waals surface area contributed by atoms with Crippen LogP contribution in [0.2, 0.25) is 0 Å². The summed E-state index contributed by atoms with van der Waals surface area (Å²) in [5, 5.41) is 3.24. The van der Waals surface area contributed by atoms with Gasteiger partial charge in [-0.1, -0.05) is 36.8 Å². The number of carbonyl (C=O) groups is 1. The van der Waals surface area contributed by atoms with E-state index in [0.29, 0.717) is 12.3 Å². The Kier molecular flexibility index (Phi) is 4.71. The number of benzene rings is 1. The summed E-state index contributed by atoms with van der Waals surface area (Å²) in [4.78, 5) is 12.2. The Balaban J connectivity index is 0.00000147. The second kappa shape index (κ2) is 6.15. The topological polar surface area (TPSA) is 55.1 Å². The van der Waals surface area contributed by atoms with E-state index in [2.05, 4.69) is 17.4 Å². The summed E-state index contributed by atoms with van der Waals surface area (Å²) in [7, 11) is 0. The van der Waals surface area contributed by atoms with Crippen LogP contribution < -0.4 is 11.1 Å². The number of nitrogens with one attached hydrogen (secondary N) is 1. The van der Waals surface area contributed by atoms with Gasteiger partial charge in [0.2, 0.25) is 5.91 Å². The average molecular weight is 295 g/mol. The molecule has 1 aromatic carbocycles. The maximum Gasteiger partial charge on any atom is 0.221 e. The molecule has 2 aliphatic carbocycles. The van der Waals surface area contributed by atoms with Crippen LogP contribution in [0.15, 0.2) is 30.3 Å². The second-order valence-electron chi connectivity index (χ2n) is 6.06. The van der Waals surface area contributed by atoms with Gasteiger partial charge in [-0.05, 0) is 37.2 Å². The molecule has 0 bridgehead atoms. The first-order valence-corrected chi connectivity index (χ1v) is 7.32.